The number of rotatable bonds is 4. The van der Waals surface area contributed by atoms with E-state index < -0.39 is 10.7 Å². The Labute approximate surface area is 114 Å². The van der Waals surface area contributed by atoms with Crippen LogP contribution in [-0.4, -0.2) is 4.92 Å². The number of para-hydroxylation sites is 1. The molecule has 6 heteroatoms. The molecule has 2 rings (SSSR count). The number of benzene rings is 2. The molecule has 0 radical (unpaired) electrons. The van der Waals surface area contributed by atoms with E-state index >= 15 is 0 Å². The van der Waals surface area contributed by atoms with Crippen LogP contribution in [0.3, 0.4) is 0 Å². The van der Waals surface area contributed by atoms with Crippen molar-refractivity contribution in [1.82, 2.24) is 0 Å². The molecule has 0 fully saturated rings. The molecule has 0 aliphatic heterocycles. The zero-order valence-corrected chi connectivity index (χ0v) is 10.5. The van der Waals surface area contributed by atoms with E-state index in [4.69, 9.17) is 11.6 Å². The van der Waals surface area contributed by atoms with Gasteiger partial charge in [-0.2, -0.15) is 0 Å². The van der Waals surface area contributed by atoms with Crippen LogP contribution in [0, 0.1) is 15.9 Å². The smallest absolute Gasteiger partial charge is 0.274 e. The van der Waals surface area contributed by atoms with Gasteiger partial charge in [-0.05, 0) is 24.3 Å². The maximum absolute atomic E-state index is 13.1. The van der Waals surface area contributed by atoms with Crippen LogP contribution >= 0.6 is 11.6 Å². The number of hydrogen-bond acceptors (Lipinski definition) is 3. The fraction of sp³-hybridized carbons (Fsp3) is 0.0769. The molecule has 0 bridgehead atoms. The fourth-order valence-corrected chi connectivity index (χ4v) is 1.87. The minimum atomic E-state index is -0.539. The van der Waals surface area contributed by atoms with E-state index in [1.165, 1.54) is 0 Å². The van der Waals surface area contributed by atoms with Crippen molar-refractivity contribution in [2.24, 2.45) is 0 Å². The highest BCUT2D eigenvalue weighted by Gasteiger charge is 2.14. The van der Waals surface area contributed by atoms with E-state index in [9.17, 15) is 14.5 Å². The highest BCUT2D eigenvalue weighted by atomic mass is 35.5. The van der Waals surface area contributed by atoms with Crippen molar-refractivity contribution >= 4 is 23.0 Å². The molecule has 2 aromatic carbocycles. The lowest BCUT2D eigenvalue weighted by molar-refractivity contribution is -0.385. The van der Waals surface area contributed by atoms with Crippen molar-refractivity contribution in [2.45, 2.75) is 6.54 Å². The maximum Gasteiger partial charge on any atom is 0.274 e. The zero-order valence-electron chi connectivity index (χ0n) is 9.77. The number of nitro groups is 1. The van der Waals surface area contributed by atoms with Crippen molar-refractivity contribution < 1.29 is 9.31 Å². The predicted molar refractivity (Wildman–Crippen MR) is 71.8 cm³/mol. The van der Waals surface area contributed by atoms with Gasteiger partial charge in [0, 0.05) is 12.6 Å². The molecule has 0 unspecified atom stereocenters. The third kappa shape index (κ3) is 3.20. The predicted octanol–water partition coefficient (Wildman–Crippen LogP) is 4.00. The van der Waals surface area contributed by atoms with Gasteiger partial charge in [0.15, 0.2) is 0 Å². The Kier molecular flexibility index (Phi) is 3.97. The molecule has 0 atom stereocenters. The fourth-order valence-electron chi connectivity index (χ4n) is 1.67. The number of nitrogens with one attached hydrogen (secondary N) is 1. The molecule has 0 saturated heterocycles. The molecule has 4 nitrogen and oxygen atoms in total. The topological polar surface area (TPSA) is 55.2 Å². The van der Waals surface area contributed by atoms with Crippen LogP contribution in [0.5, 0.6) is 0 Å². The summed E-state index contributed by atoms with van der Waals surface area (Å²) < 4.78 is 13.1. The maximum atomic E-state index is 13.1. The molecule has 19 heavy (non-hydrogen) atoms. The number of halogens is 2. The Morgan fingerprint density at radius 2 is 2.00 bits per heavy atom. The Balaban J connectivity index is 2.22. The van der Waals surface area contributed by atoms with E-state index in [0.29, 0.717) is 10.7 Å². The van der Waals surface area contributed by atoms with Gasteiger partial charge in [-0.1, -0.05) is 23.7 Å². The van der Waals surface area contributed by atoms with Gasteiger partial charge in [-0.15, -0.1) is 0 Å². The Morgan fingerprint density at radius 3 is 2.68 bits per heavy atom. The van der Waals surface area contributed by atoms with Gasteiger partial charge in [-0.3, -0.25) is 10.1 Å². The minimum absolute atomic E-state index is 0.123. The van der Waals surface area contributed by atoms with Crippen LogP contribution < -0.4 is 5.32 Å². The van der Waals surface area contributed by atoms with E-state index in [-0.39, 0.29) is 17.8 Å². The summed E-state index contributed by atoms with van der Waals surface area (Å²) in [5.74, 6) is -0.512. The molecule has 0 amide bonds. The molecule has 0 aliphatic rings. The van der Waals surface area contributed by atoms with E-state index in [1.54, 1.807) is 24.3 Å². The van der Waals surface area contributed by atoms with Crippen molar-refractivity contribution in [3.05, 3.63) is 69.0 Å². The van der Waals surface area contributed by atoms with Crippen LogP contribution in [0.15, 0.2) is 42.5 Å². The number of nitro benzene ring substituents is 1. The standard InChI is InChI=1S/C13H10ClFN2O2/c14-11-3-1-2-4-12(11)16-8-9-7-10(15)5-6-13(9)17(18)19/h1-7,16H,8H2. The second-order valence-electron chi connectivity index (χ2n) is 3.86. The summed E-state index contributed by atoms with van der Waals surface area (Å²) in [6.07, 6.45) is 0. The molecular weight excluding hydrogens is 271 g/mol. The van der Waals surface area contributed by atoms with Gasteiger partial charge >= 0.3 is 0 Å². The van der Waals surface area contributed by atoms with Gasteiger partial charge in [0.2, 0.25) is 0 Å². The highest BCUT2D eigenvalue weighted by Crippen LogP contribution is 2.24. The first-order valence-corrected chi connectivity index (χ1v) is 5.87. The second kappa shape index (κ2) is 5.67. The third-order valence-corrected chi connectivity index (χ3v) is 2.91. The van der Waals surface area contributed by atoms with Crippen molar-refractivity contribution in [3.8, 4) is 0 Å². The first kappa shape index (κ1) is 13.3. The van der Waals surface area contributed by atoms with Crippen LogP contribution in [0.4, 0.5) is 15.8 Å². The Bertz CT molecular complexity index is 619. The van der Waals surface area contributed by atoms with Crippen LogP contribution in [-0.2, 0) is 6.54 Å². The summed E-state index contributed by atoms with van der Waals surface area (Å²) in [7, 11) is 0. The minimum Gasteiger partial charge on any atom is -0.379 e. The summed E-state index contributed by atoms with van der Waals surface area (Å²) >= 11 is 5.95. The van der Waals surface area contributed by atoms with Crippen LogP contribution in [0.2, 0.25) is 5.02 Å². The summed E-state index contributed by atoms with van der Waals surface area (Å²) in [4.78, 5) is 10.3. The van der Waals surface area contributed by atoms with Crippen LogP contribution in [0.25, 0.3) is 0 Å². The normalized spacial score (nSPS) is 10.2. The molecule has 0 spiro atoms. The highest BCUT2D eigenvalue weighted by molar-refractivity contribution is 6.33. The molecule has 0 heterocycles. The molecule has 0 aliphatic carbocycles. The summed E-state index contributed by atoms with van der Waals surface area (Å²) in [5.41, 5.74) is 0.786. The first-order valence-electron chi connectivity index (χ1n) is 5.49. The summed E-state index contributed by atoms with van der Waals surface area (Å²) in [5, 5.41) is 14.3. The quantitative estimate of drug-likeness (QED) is 0.680. The van der Waals surface area contributed by atoms with Gasteiger partial charge in [0.05, 0.1) is 21.2 Å². The Morgan fingerprint density at radius 1 is 1.26 bits per heavy atom. The number of nitrogens with zero attached hydrogens (tertiary/aromatic N) is 1. The average molecular weight is 281 g/mol. The Hall–Kier alpha value is -2.14. The summed E-state index contributed by atoms with van der Waals surface area (Å²) in [6, 6.07) is 10.4. The van der Waals surface area contributed by atoms with Crippen molar-refractivity contribution in [3.63, 3.8) is 0 Å². The number of hydrogen-bond donors (Lipinski definition) is 1. The second-order valence-corrected chi connectivity index (χ2v) is 4.27. The largest absolute Gasteiger partial charge is 0.379 e. The molecular formula is C13H10ClFN2O2. The molecule has 98 valence electrons. The van der Waals surface area contributed by atoms with Gasteiger partial charge in [0.25, 0.3) is 5.69 Å². The van der Waals surface area contributed by atoms with Gasteiger partial charge < -0.3 is 5.32 Å². The molecule has 2 aromatic rings. The molecule has 0 aromatic heterocycles. The van der Waals surface area contributed by atoms with Crippen LogP contribution in [0.1, 0.15) is 5.56 Å². The lowest BCUT2D eigenvalue weighted by Crippen LogP contribution is -2.04. The summed E-state index contributed by atoms with van der Waals surface area (Å²) in [6.45, 7) is 0.123. The van der Waals surface area contributed by atoms with Gasteiger partial charge in [0.1, 0.15) is 5.82 Å². The lowest BCUT2D eigenvalue weighted by atomic mass is 10.1. The van der Waals surface area contributed by atoms with Crippen molar-refractivity contribution in [2.75, 3.05) is 5.32 Å². The first-order chi connectivity index (χ1) is 9.08. The number of anilines is 1. The van der Waals surface area contributed by atoms with E-state index in [1.807, 2.05) is 0 Å². The average Bonchev–Trinajstić information content (AvgIpc) is 2.37. The SMILES string of the molecule is O=[N+]([O-])c1ccc(F)cc1CNc1ccccc1Cl. The zero-order chi connectivity index (χ0) is 13.8. The van der Waals surface area contributed by atoms with Gasteiger partial charge in [-0.25, -0.2) is 4.39 Å². The van der Waals surface area contributed by atoms with E-state index in [2.05, 4.69) is 5.32 Å². The van der Waals surface area contributed by atoms with E-state index in [0.717, 1.165) is 18.2 Å². The molecule has 0 saturated carbocycles. The molecule has 1 N–H and O–H groups in total. The third-order valence-electron chi connectivity index (χ3n) is 2.58. The van der Waals surface area contributed by atoms with Crippen molar-refractivity contribution in [1.29, 1.82) is 0 Å². The monoisotopic (exact) mass is 280 g/mol. The lowest BCUT2D eigenvalue weighted by Gasteiger charge is -2.08.